The molecule has 9 nitrogen and oxygen atoms in total. The molecule has 0 bridgehead atoms. The second kappa shape index (κ2) is 34.0. The van der Waals surface area contributed by atoms with Gasteiger partial charge in [-0.15, -0.1) is 0 Å². The van der Waals surface area contributed by atoms with E-state index in [9.17, 15) is 19.0 Å². The Kier molecular flexibility index (Phi) is 32.8. The second-order valence-corrected chi connectivity index (χ2v) is 16.1. The van der Waals surface area contributed by atoms with E-state index >= 15 is 0 Å². The molecule has 0 spiro atoms. The van der Waals surface area contributed by atoms with E-state index in [-0.39, 0.29) is 32.0 Å². The fourth-order valence-corrected chi connectivity index (χ4v) is 5.88. The number of likely N-dealkylation sites (N-methyl/N-ethyl adjacent to an activating group) is 1. The number of hydrogen-bond acceptors (Lipinski definition) is 7. The molecule has 298 valence electrons. The van der Waals surface area contributed by atoms with E-state index in [1.54, 1.807) is 0 Å². The first-order chi connectivity index (χ1) is 24.5. The van der Waals surface area contributed by atoms with Crippen LogP contribution in [-0.2, 0) is 32.7 Å². The fourth-order valence-electron chi connectivity index (χ4n) is 5.14. The number of carbonyl (C=O) groups is 2. The zero-order chi connectivity index (χ0) is 37.9. The summed E-state index contributed by atoms with van der Waals surface area (Å²) in [6.07, 6.45) is 36.1. The third-order valence-electron chi connectivity index (χ3n) is 8.39. The van der Waals surface area contributed by atoms with Crippen LogP contribution in [0.15, 0.2) is 36.5 Å². The van der Waals surface area contributed by atoms with E-state index in [2.05, 4.69) is 50.3 Å². The number of quaternary nitrogens is 1. The Morgan fingerprint density at radius 1 is 0.608 bits per heavy atom. The van der Waals surface area contributed by atoms with Crippen molar-refractivity contribution in [3.63, 3.8) is 0 Å². The molecule has 0 aliphatic carbocycles. The Morgan fingerprint density at radius 2 is 1.08 bits per heavy atom. The average Bonchev–Trinajstić information content (AvgIpc) is 3.07. The third-order valence-corrected chi connectivity index (χ3v) is 9.38. The summed E-state index contributed by atoms with van der Waals surface area (Å²) in [6.45, 7) is 4.32. The zero-order valence-corrected chi connectivity index (χ0v) is 34.2. The minimum atomic E-state index is -4.37. The molecule has 0 aromatic heterocycles. The van der Waals surface area contributed by atoms with Gasteiger partial charge in [-0.25, -0.2) is 4.57 Å². The van der Waals surface area contributed by atoms with Crippen LogP contribution < -0.4 is 0 Å². The molecule has 0 aromatic rings. The van der Waals surface area contributed by atoms with Gasteiger partial charge in [0.2, 0.25) is 0 Å². The average molecular weight is 743 g/mol. The van der Waals surface area contributed by atoms with Gasteiger partial charge in [0, 0.05) is 12.8 Å². The first kappa shape index (κ1) is 49.2. The molecular weight excluding hydrogens is 665 g/mol. The minimum absolute atomic E-state index is 0.0273. The Morgan fingerprint density at radius 3 is 1.63 bits per heavy atom. The largest absolute Gasteiger partial charge is 0.472 e. The molecule has 0 rings (SSSR count). The number of ether oxygens (including phenoxy) is 2. The summed E-state index contributed by atoms with van der Waals surface area (Å²) in [5.74, 6) is -0.827. The van der Waals surface area contributed by atoms with Crippen LogP contribution in [-0.4, -0.2) is 74.9 Å². The number of rotatable bonds is 36. The van der Waals surface area contributed by atoms with Crippen LogP contribution in [0.2, 0.25) is 0 Å². The molecule has 0 fully saturated rings. The SMILES string of the molecule is CCCC/C=C/C/C=C/CCCCCCCC(=O)OC[C@H](COP(=O)(O)OCC[N+](C)(C)C)OC(=O)CCCCCCC/C=C/CCCCCC. The van der Waals surface area contributed by atoms with E-state index in [0.717, 1.165) is 77.0 Å². The van der Waals surface area contributed by atoms with E-state index < -0.39 is 26.5 Å². The van der Waals surface area contributed by atoms with Crippen LogP contribution in [0.25, 0.3) is 0 Å². The monoisotopic (exact) mass is 743 g/mol. The highest BCUT2D eigenvalue weighted by atomic mass is 31.2. The van der Waals surface area contributed by atoms with Gasteiger partial charge < -0.3 is 18.9 Å². The molecule has 0 amide bonds. The number of nitrogens with zero attached hydrogens (tertiary/aromatic N) is 1. The lowest BCUT2D eigenvalue weighted by atomic mass is 10.1. The molecule has 1 unspecified atom stereocenters. The first-order valence-electron chi connectivity index (χ1n) is 20.2. The van der Waals surface area contributed by atoms with Crippen molar-refractivity contribution in [2.75, 3.05) is 47.5 Å². The van der Waals surface area contributed by atoms with Gasteiger partial charge in [-0.2, -0.15) is 0 Å². The van der Waals surface area contributed by atoms with E-state index in [1.165, 1.54) is 51.4 Å². The number of esters is 2. The Labute approximate surface area is 312 Å². The summed E-state index contributed by atoms with van der Waals surface area (Å²) in [7, 11) is 1.46. The predicted molar refractivity (Wildman–Crippen MR) is 210 cm³/mol. The lowest BCUT2D eigenvalue weighted by Gasteiger charge is -2.24. The van der Waals surface area contributed by atoms with Gasteiger partial charge in [0.05, 0.1) is 27.7 Å². The maximum absolute atomic E-state index is 12.6. The van der Waals surface area contributed by atoms with Crippen LogP contribution in [0.4, 0.5) is 0 Å². The Balaban J connectivity index is 4.45. The number of carbonyl (C=O) groups excluding carboxylic acids is 2. The van der Waals surface area contributed by atoms with E-state index in [0.29, 0.717) is 17.4 Å². The molecule has 51 heavy (non-hydrogen) atoms. The molecular formula is C41H77NO8P+. The number of unbranched alkanes of at least 4 members (excludes halogenated alkanes) is 16. The maximum atomic E-state index is 12.6. The van der Waals surface area contributed by atoms with Crippen LogP contribution >= 0.6 is 7.82 Å². The van der Waals surface area contributed by atoms with Crippen molar-refractivity contribution < 1.29 is 42.1 Å². The summed E-state index contributed by atoms with van der Waals surface area (Å²) in [6, 6.07) is 0. The van der Waals surface area contributed by atoms with Crippen molar-refractivity contribution in [2.45, 2.75) is 168 Å². The minimum Gasteiger partial charge on any atom is -0.462 e. The van der Waals surface area contributed by atoms with E-state index in [4.69, 9.17) is 18.5 Å². The molecule has 0 aliphatic rings. The smallest absolute Gasteiger partial charge is 0.462 e. The molecule has 10 heteroatoms. The summed E-state index contributed by atoms with van der Waals surface area (Å²) >= 11 is 0. The van der Waals surface area contributed by atoms with E-state index in [1.807, 2.05) is 21.1 Å². The van der Waals surface area contributed by atoms with Gasteiger partial charge in [0.1, 0.15) is 19.8 Å². The van der Waals surface area contributed by atoms with Crippen LogP contribution in [0.1, 0.15) is 162 Å². The van der Waals surface area contributed by atoms with Crippen LogP contribution in [0.5, 0.6) is 0 Å². The van der Waals surface area contributed by atoms with Gasteiger partial charge >= 0.3 is 19.8 Å². The zero-order valence-electron chi connectivity index (χ0n) is 33.3. The number of allylic oxidation sites excluding steroid dienone is 6. The molecule has 0 saturated heterocycles. The molecule has 2 atom stereocenters. The highest BCUT2D eigenvalue weighted by molar-refractivity contribution is 7.47. The molecule has 0 saturated carbocycles. The van der Waals surface area contributed by atoms with Crippen molar-refractivity contribution in [1.82, 2.24) is 0 Å². The third kappa shape index (κ3) is 37.8. The Hall–Kier alpha value is -1.77. The lowest BCUT2D eigenvalue weighted by Crippen LogP contribution is -2.37. The van der Waals surface area contributed by atoms with Gasteiger partial charge in [-0.3, -0.25) is 18.6 Å². The summed E-state index contributed by atoms with van der Waals surface area (Å²) in [4.78, 5) is 35.2. The predicted octanol–water partition coefficient (Wildman–Crippen LogP) is 11.0. The van der Waals surface area contributed by atoms with Crippen LogP contribution in [0.3, 0.4) is 0 Å². The highest BCUT2D eigenvalue weighted by Crippen LogP contribution is 2.43. The van der Waals surface area contributed by atoms with Crippen molar-refractivity contribution in [3.05, 3.63) is 36.5 Å². The number of hydrogen-bond donors (Lipinski definition) is 1. The van der Waals surface area contributed by atoms with Gasteiger partial charge in [0.15, 0.2) is 6.10 Å². The maximum Gasteiger partial charge on any atom is 0.472 e. The number of phosphoric acid groups is 1. The van der Waals surface area contributed by atoms with Gasteiger partial charge in [-0.05, 0) is 64.2 Å². The quantitative estimate of drug-likeness (QED) is 0.0222. The normalized spacial score (nSPS) is 14.1. The van der Waals surface area contributed by atoms with Crippen LogP contribution in [0, 0.1) is 0 Å². The van der Waals surface area contributed by atoms with Gasteiger partial charge in [-0.1, -0.05) is 121 Å². The van der Waals surface area contributed by atoms with Gasteiger partial charge in [0.25, 0.3) is 0 Å². The molecule has 0 aromatic carbocycles. The first-order valence-corrected chi connectivity index (χ1v) is 21.7. The fraction of sp³-hybridized carbons (Fsp3) is 0.805. The number of phosphoric ester groups is 1. The molecule has 1 N–H and O–H groups in total. The molecule has 0 heterocycles. The lowest BCUT2D eigenvalue weighted by molar-refractivity contribution is -0.870. The topological polar surface area (TPSA) is 108 Å². The van der Waals surface area contributed by atoms with Crippen molar-refractivity contribution >= 4 is 19.8 Å². The molecule has 0 radical (unpaired) electrons. The highest BCUT2D eigenvalue weighted by Gasteiger charge is 2.27. The molecule has 0 aliphatic heterocycles. The summed E-state index contributed by atoms with van der Waals surface area (Å²) < 4.78 is 34.2. The Bertz CT molecular complexity index is 975. The van der Waals surface area contributed by atoms with Crippen molar-refractivity contribution in [3.8, 4) is 0 Å². The van der Waals surface area contributed by atoms with Crippen molar-refractivity contribution in [1.29, 1.82) is 0 Å². The van der Waals surface area contributed by atoms with Crippen molar-refractivity contribution in [2.24, 2.45) is 0 Å². The second-order valence-electron chi connectivity index (χ2n) is 14.7. The summed E-state index contributed by atoms with van der Waals surface area (Å²) in [5, 5.41) is 0. The standard InChI is InChI=1S/C41H76NO8P/c1-6-8-10-12-14-16-18-20-22-23-25-27-29-31-33-40(43)47-37-39(38-49-51(45,46)48-36-35-42(3,4)5)50-41(44)34-32-30-28-26-24-21-19-17-15-13-11-9-7-2/h12,14,17-20,39H,6-11,13,15-16,21-38H2,1-5H3/p+1/b14-12+,19-17+,20-18+/t39-/m1/s1. The summed E-state index contributed by atoms with van der Waals surface area (Å²) in [5.41, 5.74) is 0.